The highest BCUT2D eigenvalue weighted by Gasteiger charge is 2.45. The molecule has 31 heavy (non-hydrogen) atoms. The van der Waals surface area contributed by atoms with Crippen molar-refractivity contribution in [1.29, 1.82) is 0 Å². The Morgan fingerprint density at radius 2 is 2.06 bits per heavy atom. The van der Waals surface area contributed by atoms with Gasteiger partial charge in [0.1, 0.15) is 0 Å². The molecule has 1 amide bonds. The van der Waals surface area contributed by atoms with Gasteiger partial charge in [-0.25, -0.2) is 4.98 Å². The number of nitrogens with one attached hydrogen (secondary N) is 1. The molecule has 1 fully saturated rings. The fraction of sp³-hybridized carbons (Fsp3) is 0.333. The molecule has 162 valence electrons. The molecule has 6 nitrogen and oxygen atoms in total. The Morgan fingerprint density at radius 1 is 1.26 bits per heavy atom. The first-order valence-electron chi connectivity index (χ1n) is 9.58. The monoisotopic (exact) mass is 450 g/mol. The summed E-state index contributed by atoms with van der Waals surface area (Å²) in [5, 5.41) is 4.37. The lowest BCUT2D eigenvalue weighted by Crippen LogP contribution is -2.29. The maximum atomic E-state index is 12.6. The average Bonchev–Trinajstić information content (AvgIpc) is 3.53. The molecular weight excluding hydrogens is 433 g/mol. The van der Waals surface area contributed by atoms with Gasteiger partial charge >= 0.3 is 6.18 Å². The van der Waals surface area contributed by atoms with Gasteiger partial charge in [0.05, 0.1) is 34.7 Å². The van der Waals surface area contributed by atoms with Gasteiger partial charge in [-0.05, 0) is 25.5 Å². The number of hydrogen-bond acceptors (Lipinski definition) is 5. The van der Waals surface area contributed by atoms with Crippen LogP contribution in [-0.2, 0) is 4.79 Å². The second kappa shape index (κ2) is 8.30. The number of para-hydroxylation sites is 1. The third kappa shape index (κ3) is 5.04. The zero-order valence-electron chi connectivity index (χ0n) is 16.4. The van der Waals surface area contributed by atoms with Crippen LogP contribution in [0.3, 0.4) is 0 Å². The number of hydrogen-bond donors (Lipinski definition) is 1. The number of carbonyl (C=O) groups is 1. The van der Waals surface area contributed by atoms with Crippen LogP contribution in [-0.4, -0.2) is 33.6 Å². The molecule has 3 aromatic rings. The number of rotatable bonds is 6. The zero-order valence-corrected chi connectivity index (χ0v) is 17.1. The fourth-order valence-corrected chi connectivity index (χ4v) is 3.54. The average molecular weight is 451 g/mol. The number of amides is 1. The van der Waals surface area contributed by atoms with Crippen molar-refractivity contribution in [3.63, 3.8) is 0 Å². The smallest absolute Gasteiger partial charge is 0.422 e. The van der Waals surface area contributed by atoms with Crippen LogP contribution in [0.15, 0.2) is 42.7 Å². The Kier molecular flexibility index (Phi) is 5.70. The highest BCUT2D eigenvalue weighted by atomic mass is 35.5. The maximum absolute atomic E-state index is 12.6. The van der Waals surface area contributed by atoms with Gasteiger partial charge in [-0.15, -0.1) is 0 Å². The minimum atomic E-state index is -4.45. The third-order valence-electron chi connectivity index (χ3n) is 5.03. The minimum absolute atomic E-state index is 0.0112. The molecule has 0 bridgehead atoms. The van der Waals surface area contributed by atoms with Crippen LogP contribution in [0.2, 0.25) is 5.02 Å². The molecule has 10 heteroatoms. The summed E-state index contributed by atoms with van der Waals surface area (Å²) in [5.41, 5.74) is 1.95. The van der Waals surface area contributed by atoms with Crippen molar-refractivity contribution >= 4 is 28.4 Å². The van der Waals surface area contributed by atoms with Gasteiger partial charge in [0.15, 0.2) is 6.61 Å². The van der Waals surface area contributed by atoms with Gasteiger partial charge in [-0.3, -0.25) is 14.8 Å². The van der Waals surface area contributed by atoms with E-state index in [-0.39, 0.29) is 23.6 Å². The van der Waals surface area contributed by atoms with E-state index in [4.69, 9.17) is 11.6 Å². The summed E-state index contributed by atoms with van der Waals surface area (Å²) in [6.07, 6.45) is -1.38. The van der Waals surface area contributed by atoms with Crippen LogP contribution in [0.1, 0.15) is 36.7 Å². The van der Waals surface area contributed by atoms with E-state index in [0.29, 0.717) is 22.7 Å². The van der Waals surface area contributed by atoms with Crippen molar-refractivity contribution in [3.05, 3.63) is 59.1 Å². The number of benzene rings is 1. The molecule has 0 radical (unpaired) electrons. The number of alkyl halides is 3. The van der Waals surface area contributed by atoms with Crippen molar-refractivity contribution in [2.45, 2.75) is 31.5 Å². The van der Waals surface area contributed by atoms with E-state index in [9.17, 15) is 18.0 Å². The van der Waals surface area contributed by atoms with E-state index >= 15 is 0 Å². The van der Waals surface area contributed by atoms with Gasteiger partial charge < -0.3 is 10.1 Å². The predicted molar refractivity (Wildman–Crippen MR) is 108 cm³/mol. The molecule has 1 aromatic carbocycles. The Balaban J connectivity index is 1.35. The van der Waals surface area contributed by atoms with E-state index in [2.05, 4.69) is 25.0 Å². The van der Waals surface area contributed by atoms with Crippen molar-refractivity contribution in [3.8, 4) is 5.88 Å². The summed E-state index contributed by atoms with van der Waals surface area (Å²) in [7, 11) is 0. The van der Waals surface area contributed by atoms with Crippen LogP contribution in [0.5, 0.6) is 5.88 Å². The quantitative estimate of drug-likeness (QED) is 0.594. The number of fused-ring (bicyclic) bond motifs is 1. The summed E-state index contributed by atoms with van der Waals surface area (Å²) in [5.74, 6) is -0.574. The van der Waals surface area contributed by atoms with Crippen molar-refractivity contribution < 1.29 is 22.7 Å². The zero-order chi connectivity index (χ0) is 22.2. The van der Waals surface area contributed by atoms with Crippen molar-refractivity contribution in [1.82, 2.24) is 20.3 Å². The first kappa shape index (κ1) is 21.3. The lowest BCUT2D eigenvalue weighted by molar-refractivity contribution is -0.154. The second-order valence-electron chi connectivity index (χ2n) is 7.41. The molecule has 1 saturated carbocycles. The van der Waals surface area contributed by atoms with Crippen molar-refractivity contribution in [2.75, 3.05) is 6.61 Å². The number of nitrogens with zero attached hydrogens (tertiary/aromatic N) is 3. The standard InChI is InChI=1S/C21H18ClF3N4O2/c1-11(17-8-27-18(9-26-17)31-10-21(23,24)25)28-20(30)14-7-13(14)16-6-5-12-3-2-4-15(22)19(12)29-16/h2-6,8-9,11,13-14H,7,10H2,1H3,(H,28,30)/t11-,13+,14+/m1/s1. The number of aromatic nitrogens is 3. The summed E-state index contributed by atoms with van der Waals surface area (Å²) in [6.45, 7) is 0.286. The lowest BCUT2D eigenvalue weighted by Gasteiger charge is -2.14. The number of pyridine rings is 1. The van der Waals surface area contributed by atoms with Gasteiger partial charge in [-0.1, -0.05) is 29.8 Å². The highest BCUT2D eigenvalue weighted by molar-refractivity contribution is 6.35. The number of halogens is 4. The van der Waals surface area contributed by atoms with E-state index in [0.717, 1.165) is 17.3 Å². The van der Waals surface area contributed by atoms with Crippen LogP contribution < -0.4 is 10.1 Å². The van der Waals surface area contributed by atoms with E-state index in [1.54, 1.807) is 13.0 Å². The molecule has 2 heterocycles. The summed E-state index contributed by atoms with van der Waals surface area (Å²) >= 11 is 6.22. The molecule has 3 atom stereocenters. The van der Waals surface area contributed by atoms with Crippen LogP contribution in [0, 0.1) is 5.92 Å². The van der Waals surface area contributed by atoms with Gasteiger partial charge in [0, 0.05) is 22.9 Å². The summed E-state index contributed by atoms with van der Waals surface area (Å²) in [4.78, 5) is 25.1. The first-order valence-corrected chi connectivity index (χ1v) is 9.96. The van der Waals surface area contributed by atoms with Gasteiger partial charge in [-0.2, -0.15) is 13.2 Å². The minimum Gasteiger partial charge on any atom is -0.467 e. The van der Waals surface area contributed by atoms with Crippen LogP contribution in [0.25, 0.3) is 10.9 Å². The summed E-state index contributed by atoms with van der Waals surface area (Å²) in [6, 6.07) is 8.95. The lowest BCUT2D eigenvalue weighted by atomic mass is 10.1. The molecule has 1 N–H and O–H groups in total. The third-order valence-corrected chi connectivity index (χ3v) is 5.34. The largest absolute Gasteiger partial charge is 0.467 e. The molecule has 1 aliphatic carbocycles. The molecule has 0 saturated heterocycles. The van der Waals surface area contributed by atoms with E-state index in [1.807, 2.05) is 24.3 Å². The SMILES string of the molecule is C[C@@H](NC(=O)[C@H]1C[C@@H]1c1ccc2cccc(Cl)c2n1)c1cnc(OCC(F)(F)F)cn1. The van der Waals surface area contributed by atoms with Crippen LogP contribution in [0.4, 0.5) is 13.2 Å². The van der Waals surface area contributed by atoms with Gasteiger partial charge in [0.2, 0.25) is 11.8 Å². The Morgan fingerprint density at radius 3 is 2.77 bits per heavy atom. The highest BCUT2D eigenvalue weighted by Crippen LogP contribution is 2.47. The van der Waals surface area contributed by atoms with Crippen LogP contribution >= 0.6 is 11.6 Å². The number of ether oxygens (including phenoxy) is 1. The molecular formula is C21H18ClF3N4O2. The molecule has 0 unspecified atom stereocenters. The molecule has 4 rings (SSSR count). The molecule has 0 spiro atoms. The molecule has 1 aliphatic rings. The Bertz CT molecular complexity index is 1110. The maximum Gasteiger partial charge on any atom is 0.422 e. The molecule has 2 aromatic heterocycles. The van der Waals surface area contributed by atoms with Crippen molar-refractivity contribution in [2.24, 2.45) is 5.92 Å². The predicted octanol–water partition coefficient (Wildman–Crippen LogP) is 4.60. The van der Waals surface area contributed by atoms with Gasteiger partial charge in [0.25, 0.3) is 0 Å². The van der Waals surface area contributed by atoms with E-state index in [1.165, 1.54) is 6.20 Å². The Hall–Kier alpha value is -2.94. The number of carbonyl (C=O) groups excluding carboxylic acids is 1. The van der Waals surface area contributed by atoms with E-state index < -0.39 is 18.8 Å². The normalized spacial score (nSPS) is 19.1. The second-order valence-corrected chi connectivity index (χ2v) is 7.82. The fourth-order valence-electron chi connectivity index (χ4n) is 3.32. The summed E-state index contributed by atoms with van der Waals surface area (Å²) < 4.78 is 41.1. The Labute approximate surface area is 180 Å². The first-order chi connectivity index (χ1) is 14.7. The molecule has 0 aliphatic heterocycles. The topological polar surface area (TPSA) is 77.0 Å².